The number of halogens is 1. The van der Waals surface area contributed by atoms with E-state index in [0.29, 0.717) is 9.90 Å². The van der Waals surface area contributed by atoms with Gasteiger partial charge in [0.1, 0.15) is 10.9 Å². The first-order chi connectivity index (χ1) is 6.52. The van der Waals surface area contributed by atoms with E-state index in [2.05, 4.69) is 5.32 Å². The van der Waals surface area contributed by atoms with E-state index in [0.717, 1.165) is 0 Å². The van der Waals surface area contributed by atoms with Crippen LogP contribution < -0.4 is 11.1 Å². The molecular formula is C8H9ClN2O2S. The van der Waals surface area contributed by atoms with Gasteiger partial charge >= 0.3 is 0 Å². The molecule has 0 saturated heterocycles. The van der Waals surface area contributed by atoms with Crippen LogP contribution in [0.3, 0.4) is 0 Å². The highest BCUT2D eigenvalue weighted by atomic mass is 35.5. The van der Waals surface area contributed by atoms with Gasteiger partial charge in [-0.3, -0.25) is 9.59 Å². The Bertz CT molecular complexity index is 364. The first-order valence-corrected chi connectivity index (χ1v) is 5.11. The Morgan fingerprint density at radius 2 is 2.29 bits per heavy atom. The molecule has 6 heteroatoms. The highest BCUT2D eigenvalue weighted by Crippen LogP contribution is 2.21. The zero-order valence-electron chi connectivity index (χ0n) is 7.41. The number of nitrogens with one attached hydrogen (secondary N) is 1. The lowest BCUT2D eigenvalue weighted by Gasteiger charge is -2.08. The Balaban J connectivity index is 2.69. The number of hydrogen-bond acceptors (Lipinski definition) is 3. The lowest BCUT2D eigenvalue weighted by Crippen LogP contribution is -2.41. The summed E-state index contributed by atoms with van der Waals surface area (Å²) < 4.78 is 0. The lowest BCUT2D eigenvalue weighted by molar-refractivity contribution is -0.119. The van der Waals surface area contributed by atoms with Gasteiger partial charge in [-0.2, -0.15) is 0 Å². The Labute approximate surface area is 90.0 Å². The summed E-state index contributed by atoms with van der Waals surface area (Å²) in [6.45, 7) is 1.52. The minimum Gasteiger partial charge on any atom is -0.368 e. The molecule has 0 aliphatic heterocycles. The first-order valence-electron chi connectivity index (χ1n) is 3.85. The monoisotopic (exact) mass is 232 g/mol. The van der Waals surface area contributed by atoms with Gasteiger partial charge in [-0.05, 0) is 18.4 Å². The number of amides is 2. The quantitative estimate of drug-likeness (QED) is 0.816. The molecule has 3 N–H and O–H groups in total. The van der Waals surface area contributed by atoms with Crippen molar-refractivity contribution in [1.82, 2.24) is 5.32 Å². The molecule has 2 amide bonds. The van der Waals surface area contributed by atoms with Gasteiger partial charge < -0.3 is 11.1 Å². The fraction of sp³-hybridized carbons (Fsp3) is 0.250. The van der Waals surface area contributed by atoms with Crippen molar-refractivity contribution in [2.24, 2.45) is 5.73 Å². The molecule has 1 atom stereocenters. The summed E-state index contributed by atoms with van der Waals surface area (Å²) in [6, 6.07) is 0.927. The van der Waals surface area contributed by atoms with Gasteiger partial charge in [0.05, 0.1) is 5.02 Å². The summed E-state index contributed by atoms with van der Waals surface area (Å²) >= 11 is 6.95. The van der Waals surface area contributed by atoms with Crippen molar-refractivity contribution in [3.05, 3.63) is 21.3 Å². The molecule has 0 fully saturated rings. The van der Waals surface area contributed by atoms with Gasteiger partial charge in [0.2, 0.25) is 5.91 Å². The minimum absolute atomic E-state index is 0.378. The summed E-state index contributed by atoms with van der Waals surface area (Å²) in [5.74, 6) is -0.956. The number of carbonyl (C=O) groups excluding carboxylic acids is 2. The number of rotatable bonds is 3. The molecular weight excluding hydrogens is 224 g/mol. The van der Waals surface area contributed by atoms with Crippen LogP contribution in [0.1, 0.15) is 16.6 Å². The zero-order chi connectivity index (χ0) is 10.7. The Kier molecular flexibility index (Phi) is 3.49. The molecule has 1 aromatic heterocycles. The lowest BCUT2D eigenvalue weighted by atomic mass is 10.3. The van der Waals surface area contributed by atoms with E-state index in [1.54, 1.807) is 11.4 Å². The van der Waals surface area contributed by atoms with Crippen LogP contribution in [-0.2, 0) is 4.79 Å². The topological polar surface area (TPSA) is 72.2 Å². The predicted octanol–water partition coefficient (Wildman–Crippen LogP) is 1.01. The van der Waals surface area contributed by atoms with Gasteiger partial charge in [-0.1, -0.05) is 11.6 Å². The Hall–Kier alpha value is -1.07. The Morgan fingerprint density at radius 1 is 1.64 bits per heavy atom. The van der Waals surface area contributed by atoms with Crippen molar-refractivity contribution in [2.75, 3.05) is 0 Å². The van der Waals surface area contributed by atoms with E-state index in [1.165, 1.54) is 18.3 Å². The van der Waals surface area contributed by atoms with E-state index in [4.69, 9.17) is 17.3 Å². The summed E-state index contributed by atoms with van der Waals surface area (Å²) in [7, 11) is 0. The van der Waals surface area contributed by atoms with Gasteiger partial charge in [-0.15, -0.1) is 11.3 Å². The van der Waals surface area contributed by atoms with Crippen LogP contribution >= 0.6 is 22.9 Å². The van der Waals surface area contributed by atoms with Crippen LogP contribution in [0.25, 0.3) is 0 Å². The largest absolute Gasteiger partial charge is 0.368 e. The van der Waals surface area contributed by atoms with Gasteiger partial charge in [0.15, 0.2) is 0 Å². The number of nitrogens with two attached hydrogens (primary N) is 1. The standard InChI is InChI=1S/C8H9ClN2O2S/c1-4(7(10)12)11-8(13)6-5(9)2-3-14-6/h2-4H,1H3,(H2,10,12)(H,11,13)/t4-/m0/s1. The molecule has 0 aromatic carbocycles. The van der Waals surface area contributed by atoms with Crippen molar-refractivity contribution in [3.63, 3.8) is 0 Å². The molecule has 1 aromatic rings. The summed E-state index contributed by atoms with van der Waals surface area (Å²) in [5.41, 5.74) is 4.99. The molecule has 0 radical (unpaired) electrons. The third-order valence-electron chi connectivity index (χ3n) is 1.60. The van der Waals surface area contributed by atoms with Crippen LogP contribution in [0.5, 0.6) is 0 Å². The molecule has 4 nitrogen and oxygen atoms in total. The highest BCUT2D eigenvalue weighted by Gasteiger charge is 2.16. The predicted molar refractivity (Wildman–Crippen MR) is 55.5 cm³/mol. The fourth-order valence-electron chi connectivity index (χ4n) is 0.789. The molecule has 0 bridgehead atoms. The number of carbonyl (C=O) groups is 2. The second-order valence-corrected chi connectivity index (χ2v) is 4.02. The summed E-state index contributed by atoms with van der Waals surface area (Å²) in [5, 5.41) is 4.51. The SMILES string of the molecule is C[C@H](NC(=O)c1sccc1Cl)C(N)=O. The highest BCUT2D eigenvalue weighted by molar-refractivity contribution is 7.12. The molecule has 0 unspecified atom stereocenters. The molecule has 0 aliphatic rings. The van der Waals surface area contributed by atoms with Crippen LogP contribution in [0.15, 0.2) is 11.4 Å². The maximum absolute atomic E-state index is 11.4. The summed E-state index contributed by atoms with van der Waals surface area (Å²) in [4.78, 5) is 22.5. The van der Waals surface area contributed by atoms with Crippen LogP contribution in [0.2, 0.25) is 5.02 Å². The molecule has 1 rings (SSSR count). The van der Waals surface area contributed by atoms with Crippen LogP contribution in [0.4, 0.5) is 0 Å². The minimum atomic E-state index is -0.694. The molecule has 14 heavy (non-hydrogen) atoms. The van der Waals surface area contributed by atoms with Crippen molar-refractivity contribution < 1.29 is 9.59 Å². The number of primary amides is 1. The van der Waals surface area contributed by atoms with Gasteiger partial charge in [0, 0.05) is 0 Å². The third-order valence-corrected chi connectivity index (χ3v) is 2.94. The molecule has 0 spiro atoms. The molecule has 76 valence electrons. The second-order valence-electron chi connectivity index (χ2n) is 2.70. The summed E-state index contributed by atoms with van der Waals surface area (Å²) in [6.07, 6.45) is 0. The average molecular weight is 233 g/mol. The van der Waals surface area contributed by atoms with Gasteiger partial charge in [-0.25, -0.2) is 0 Å². The van der Waals surface area contributed by atoms with Crippen molar-refractivity contribution in [2.45, 2.75) is 13.0 Å². The smallest absolute Gasteiger partial charge is 0.263 e. The van der Waals surface area contributed by atoms with Crippen molar-refractivity contribution in [3.8, 4) is 0 Å². The van der Waals surface area contributed by atoms with E-state index in [1.807, 2.05) is 0 Å². The molecule has 0 aliphatic carbocycles. The maximum atomic E-state index is 11.4. The zero-order valence-corrected chi connectivity index (χ0v) is 8.98. The molecule has 0 saturated carbocycles. The third kappa shape index (κ3) is 2.46. The van der Waals surface area contributed by atoms with Crippen LogP contribution in [0, 0.1) is 0 Å². The average Bonchev–Trinajstić information content (AvgIpc) is 2.51. The number of thiophene rings is 1. The van der Waals surface area contributed by atoms with E-state index >= 15 is 0 Å². The first kappa shape index (κ1) is 11.0. The van der Waals surface area contributed by atoms with Crippen molar-refractivity contribution in [1.29, 1.82) is 0 Å². The normalized spacial score (nSPS) is 12.1. The number of hydrogen-bond donors (Lipinski definition) is 2. The Morgan fingerprint density at radius 3 is 2.71 bits per heavy atom. The van der Waals surface area contributed by atoms with E-state index < -0.39 is 11.9 Å². The fourth-order valence-corrected chi connectivity index (χ4v) is 1.83. The van der Waals surface area contributed by atoms with Crippen molar-refractivity contribution >= 4 is 34.8 Å². The molecule has 1 heterocycles. The maximum Gasteiger partial charge on any atom is 0.263 e. The van der Waals surface area contributed by atoms with E-state index in [9.17, 15) is 9.59 Å². The van der Waals surface area contributed by atoms with E-state index in [-0.39, 0.29) is 5.91 Å². The second kappa shape index (κ2) is 4.43. The van der Waals surface area contributed by atoms with Gasteiger partial charge in [0.25, 0.3) is 5.91 Å². The van der Waals surface area contributed by atoms with Crippen LogP contribution in [-0.4, -0.2) is 17.9 Å².